The Morgan fingerprint density at radius 2 is 1.96 bits per heavy atom. The molecule has 1 atom stereocenters. The first kappa shape index (κ1) is 18.8. The Morgan fingerprint density at radius 1 is 1.38 bits per heavy atom. The summed E-state index contributed by atoms with van der Waals surface area (Å²) in [5, 5.41) is 0. The van der Waals surface area contributed by atoms with Crippen LogP contribution in [0.3, 0.4) is 0 Å². The summed E-state index contributed by atoms with van der Waals surface area (Å²) in [6.45, 7) is 2.66. The maximum absolute atomic E-state index is 13.8. The molecule has 0 aliphatic carbocycles. The van der Waals surface area contributed by atoms with Crippen LogP contribution >= 0.6 is 0 Å². The molecular weight excluding hydrogens is 333 g/mol. The van der Waals surface area contributed by atoms with E-state index in [1.54, 1.807) is 11.9 Å². The number of amides is 1. The molecule has 2 N–H and O–H groups in total. The highest BCUT2D eigenvalue weighted by Crippen LogP contribution is 2.26. The molecule has 8 heteroatoms. The summed E-state index contributed by atoms with van der Waals surface area (Å²) in [6.07, 6.45) is 0.849. The minimum Gasteiger partial charge on any atom is -0.342 e. The first-order chi connectivity index (χ1) is 11.3. The number of hydrogen-bond acceptors (Lipinski definition) is 4. The summed E-state index contributed by atoms with van der Waals surface area (Å²) in [4.78, 5) is 13.7. The Balaban J connectivity index is 2.05. The maximum Gasteiger partial charge on any atom is 0.245 e. The van der Waals surface area contributed by atoms with E-state index in [4.69, 9.17) is 5.73 Å². The number of nitrogens with two attached hydrogens (primary N) is 1. The van der Waals surface area contributed by atoms with Gasteiger partial charge in [0.1, 0.15) is 10.7 Å². The predicted molar refractivity (Wildman–Crippen MR) is 89.2 cm³/mol. The average molecular weight is 357 g/mol. The van der Waals surface area contributed by atoms with Crippen LogP contribution in [0.5, 0.6) is 0 Å². The van der Waals surface area contributed by atoms with Gasteiger partial charge in [-0.2, -0.15) is 4.31 Å². The standard InChI is InChI=1S/C16H24FN3O3S/c1-12(11-18)19(2)16(21)13-7-9-20(10-8-13)24(22,23)15-6-4-3-5-14(15)17/h3-6,12-13H,7-11,18H2,1-2H3. The Labute approximate surface area is 142 Å². The largest absolute Gasteiger partial charge is 0.342 e. The van der Waals surface area contributed by atoms with E-state index in [-0.39, 0.29) is 35.9 Å². The molecule has 0 aromatic heterocycles. The monoisotopic (exact) mass is 357 g/mol. The fraction of sp³-hybridized carbons (Fsp3) is 0.562. The van der Waals surface area contributed by atoms with Crippen LogP contribution in [-0.4, -0.2) is 56.3 Å². The predicted octanol–water partition coefficient (Wildman–Crippen LogP) is 1.03. The van der Waals surface area contributed by atoms with Crippen LogP contribution in [0.15, 0.2) is 29.2 Å². The number of likely N-dealkylation sites (N-methyl/N-ethyl adjacent to an activating group) is 1. The highest BCUT2D eigenvalue weighted by molar-refractivity contribution is 7.89. The van der Waals surface area contributed by atoms with Gasteiger partial charge in [-0.15, -0.1) is 0 Å². The van der Waals surface area contributed by atoms with Crippen LogP contribution in [0.2, 0.25) is 0 Å². The second-order valence-electron chi connectivity index (χ2n) is 6.14. The minimum atomic E-state index is -3.87. The lowest BCUT2D eigenvalue weighted by Crippen LogP contribution is -2.47. The molecule has 1 aliphatic rings. The minimum absolute atomic E-state index is 0.0177. The lowest BCUT2D eigenvalue weighted by atomic mass is 9.96. The topological polar surface area (TPSA) is 83.7 Å². The van der Waals surface area contributed by atoms with E-state index in [9.17, 15) is 17.6 Å². The third kappa shape index (κ3) is 3.76. The van der Waals surface area contributed by atoms with E-state index < -0.39 is 15.8 Å². The Kier molecular flexibility index (Phi) is 5.95. The summed E-state index contributed by atoms with van der Waals surface area (Å²) in [7, 11) is -2.16. The van der Waals surface area contributed by atoms with Gasteiger partial charge in [0, 0.05) is 38.6 Å². The zero-order valence-corrected chi connectivity index (χ0v) is 14.8. The van der Waals surface area contributed by atoms with Gasteiger partial charge >= 0.3 is 0 Å². The molecule has 2 rings (SSSR count). The fourth-order valence-electron chi connectivity index (χ4n) is 2.80. The average Bonchev–Trinajstić information content (AvgIpc) is 2.60. The van der Waals surface area contributed by atoms with E-state index in [2.05, 4.69) is 0 Å². The number of rotatable bonds is 5. The molecule has 1 aromatic rings. The highest BCUT2D eigenvalue weighted by atomic mass is 32.2. The molecule has 1 fully saturated rings. The number of hydrogen-bond donors (Lipinski definition) is 1. The summed E-state index contributed by atoms with van der Waals surface area (Å²) in [6, 6.07) is 5.28. The first-order valence-electron chi connectivity index (χ1n) is 8.00. The number of carbonyl (C=O) groups excluding carboxylic acids is 1. The molecule has 24 heavy (non-hydrogen) atoms. The van der Waals surface area contributed by atoms with Gasteiger partial charge in [-0.25, -0.2) is 12.8 Å². The number of nitrogens with zero attached hydrogens (tertiary/aromatic N) is 2. The Morgan fingerprint density at radius 3 is 2.50 bits per heavy atom. The van der Waals surface area contributed by atoms with Crippen molar-refractivity contribution in [2.24, 2.45) is 11.7 Å². The third-order valence-electron chi connectivity index (χ3n) is 4.61. The van der Waals surface area contributed by atoms with Crippen LogP contribution in [-0.2, 0) is 14.8 Å². The van der Waals surface area contributed by atoms with E-state index in [0.717, 1.165) is 6.07 Å². The van der Waals surface area contributed by atoms with Crippen molar-refractivity contribution in [3.8, 4) is 0 Å². The number of sulfonamides is 1. The van der Waals surface area contributed by atoms with Crippen LogP contribution in [0.1, 0.15) is 19.8 Å². The lowest BCUT2D eigenvalue weighted by Gasteiger charge is -2.34. The van der Waals surface area contributed by atoms with Crippen LogP contribution in [0.4, 0.5) is 4.39 Å². The lowest BCUT2D eigenvalue weighted by molar-refractivity contribution is -0.137. The normalized spacial score (nSPS) is 18.3. The van der Waals surface area contributed by atoms with Gasteiger partial charge in [0.2, 0.25) is 15.9 Å². The second kappa shape index (κ2) is 7.58. The van der Waals surface area contributed by atoms with Gasteiger partial charge in [0.05, 0.1) is 0 Å². The highest BCUT2D eigenvalue weighted by Gasteiger charge is 2.34. The molecule has 0 bridgehead atoms. The maximum atomic E-state index is 13.8. The van der Waals surface area contributed by atoms with E-state index in [1.807, 2.05) is 6.92 Å². The van der Waals surface area contributed by atoms with Gasteiger partial charge < -0.3 is 10.6 Å². The third-order valence-corrected chi connectivity index (χ3v) is 6.54. The zero-order valence-electron chi connectivity index (χ0n) is 14.0. The number of carbonyl (C=O) groups is 1. The number of benzene rings is 1. The molecule has 1 unspecified atom stereocenters. The van der Waals surface area contributed by atoms with Crippen molar-refractivity contribution in [1.29, 1.82) is 0 Å². The fourth-order valence-corrected chi connectivity index (χ4v) is 4.33. The molecule has 1 heterocycles. The summed E-state index contributed by atoms with van der Waals surface area (Å²) >= 11 is 0. The van der Waals surface area contributed by atoms with E-state index in [1.165, 1.54) is 22.5 Å². The molecule has 0 saturated carbocycles. The van der Waals surface area contributed by atoms with E-state index in [0.29, 0.717) is 19.4 Å². The van der Waals surface area contributed by atoms with Gasteiger partial charge in [-0.05, 0) is 31.9 Å². The van der Waals surface area contributed by atoms with Crippen molar-refractivity contribution in [2.45, 2.75) is 30.7 Å². The van der Waals surface area contributed by atoms with Gasteiger partial charge in [-0.3, -0.25) is 4.79 Å². The van der Waals surface area contributed by atoms with Crippen LogP contribution in [0.25, 0.3) is 0 Å². The molecule has 1 aliphatic heterocycles. The first-order valence-corrected chi connectivity index (χ1v) is 9.44. The quantitative estimate of drug-likeness (QED) is 0.853. The molecule has 0 radical (unpaired) electrons. The van der Waals surface area contributed by atoms with E-state index >= 15 is 0 Å². The smallest absolute Gasteiger partial charge is 0.245 e. The van der Waals surface area contributed by atoms with Crippen LogP contribution < -0.4 is 5.73 Å². The van der Waals surface area contributed by atoms with Crippen molar-refractivity contribution in [3.63, 3.8) is 0 Å². The van der Waals surface area contributed by atoms with Gasteiger partial charge in [0.25, 0.3) is 0 Å². The molecule has 0 spiro atoms. The molecule has 1 saturated heterocycles. The van der Waals surface area contributed by atoms with Crippen LogP contribution in [0, 0.1) is 11.7 Å². The van der Waals surface area contributed by atoms with Crippen molar-refractivity contribution in [3.05, 3.63) is 30.1 Å². The number of halogens is 1. The summed E-state index contributed by atoms with van der Waals surface area (Å²) in [5.41, 5.74) is 5.58. The molecule has 6 nitrogen and oxygen atoms in total. The second-order valence-corrected chi connectivity index (χ2v) is 8.05. The number of piperidine rings is 1. The molecular formula is C16H24FN3O3S. The van der Waals surface area contributed by atoms with Crippen molar-refractivity contribution in [2.75, 3.05) is 26.7 Å². The Hall–Kier alpha value is -1.51. The molecule has 1 aromatic carbocycles. The van der Waals surface area contributed by atoms with Gasteiger partial charge in [-0.1, -0.05) is 12.1 Å². The van der Waals surface area contributed by atoms with Crippen molar-refractivity contribution < 1.29 is 17.6 Å². The van der Waals surface area contributed by atoms with Gasteiger partial charge in [0.15, 0.2) is 0 Å². The summed E-state index contributed by atoms with van der Waals surface area (Å²) in [5.74, 6) is -1.00. The van der Waals surface area contributed by atoms with Crippen molar-refractivity contribution >= 4 is 15.9 Å². The SMILES string of the molecule is CC(CN)N(C)C(=O)C1CCN(S(=O)(=O)c2ccccc2F)CC1. The summed E-state index contributed by atoms with van der Waals surface area (Å²) < 4.78 is 40.1. The molecule has 134 valence electrons. The zero-order chi connectivity index (χ0) is 17.9. The Bertz CT molecular complexity index is 688. The molecule has 1 amide bonds. The van der Waals surface area contributed by atoms with Crippen molar-refractivity contribution in [1.82, 2.24) is 9.21 Å².